The van der Waals surface area contributed by atoms with Gasteiger partial charge >= 0.3 is 12.0 Å². The standard InChI is InChI=1S/C14H16FN3O4/c15-10-3-1-2-4-11(10)18-8-9(7-12(18)19)17-14(22)16-6-5-13(20)21/h1-4,9H,5-8H2,(H,20,21)(H2,16,17,22). The molecular weight excluding hydrogens is 293 g/mol. The average Bonchev–Trinajstić information content (AvgIpc) is 2.79. The maximum atomic E-state index is 13.7. The highest BCUT2D eigenvalue weighted by molar-refractivity contribution is 5.96. The normalized spacial score (nSPS) is 17.4. The lowest BCUT2D eigenvalue weighted by atomic mass is 10.2. The summed E-state index contributed by atoms with van der Waals surface area (Å²) in [5, 5.41) is 13.4. The highest BCUT2D eigenvalue weighted by Crippen LogP contribution is 2.24. The van der Waals surface area contributed by atoms with Gasteiger partial charge in [-0.25, -0.2) is 9.18 Å². The van der Waals surface area contributed by atoms with Gasteiger partial charge in [0.15, 0.2) is 0 Å². The molecule has 1 unspecified atom stereocenters. The van der Waals surface area contributed by atoms with Crippen LogP contribution in [0.3, 0.4) is 0 Å². The Morgan fingerprint density at radius 2 is 2.09 bits per heavy atom. The maximum absolute atomic E-state index is 13.7. The van der Waals surface area contributed by atoms with Crippen LogP contribution in [0.5, 0.6) is 0 Å². The Morgan fingerprint density at radius 1 is 1.36 bits per heavy atom. The lowest BCUT2D eigenvalue weighted by Gasteiger charge is -2.17. The van der Waals surface area contributed by atoms with Crippen molar-refractivity contribution in [3.05, 3.63) is 30.1 Å². The minimum atomic E-state index is -1.01. The molecular formula is C14H16FN3O4. The van der Waals surface area contributed by atoms with Crippen LogP contribution < -0.4 is 15.5 Å². The van der Waals surface area contributed by atoms with Crippen molar-refractivity contribution in [1.29, 1.82) is 0 Å². The molecule has 0 bridgehead atoms. The summed E-state index contributed by atoms with van der Waals surface area (Å²) in [6.07, 6.45) is -0.112. The van der Waals surface area contributed by atoms with Crippen molar-refractivity contribution in [3.63, 3.8) is 0 Å². The Kier molecular flexibility index (Phi) is 4.92. The molecule has 0 radical (unpaired) electrons. The van der Waals surface area contributed by atoms with Crippen LogP contribution in [0.15, 0.2) is 24.3 Å². The summed E-state index contributed by atoms with van der Waals surface area (Å²) in [6, 6.07) is 4.94. The number of halogens is 1. The number of carbonyl (C=O) groups is 3. The Balaban J connectivity index is 1.88. The summed E-state index contributed by atoms with van der Waals surface area (Å²) in [4.78, 5) is 35.1. The van der Waals surface area contributed by atoms with E-state index in [1.54, 1.807) is 6.07 Å². The third kappa shape index (κ3) is 3.94. The first-order valence-corrected chi connectivity index (χ1v) is 6.78. The highest BCUT2D eigenvalue weighted by atomic mass is 19.1. The first kappa shape index (κ1) is 15.7. The van der Waals surface area contributed by atoms with Gasteiger partial charge in [0.25, 0.3) is 0 Å². The number of nitrogens with zero attached hydrogens (tertiary/aromatic N) is 1. The van der Waals surface area contributed by atoms with Gasteiger partial charge in [-0.05, 0) is 12.1 Å². The summed E-state index contributed by atoms with van der Waals surface area (Å²) in [6.45, 7) is 0.172. The lowest BCUT2D eigenvalue weighted by Crippen LogP contribution is -2.43. The number of urea groups is 1. The van der Waals surface area contributed by atoms with Crippen LogP contribution in [0, 0.1) is 5.82 Å². The monoisotopic (exact) mass is 309 g/mol. The van der Waals surface area contributed by atoms with Gasteiger partial charge in [-0.15, -0.1) is 0 Å². The number of hydrogen-bond acceptors (Lipinski definition) is 3. The summed E-state index contributed by atoms with van der Waals surface area (Å²) in [7, 11) is 0. The fraction of sp³-hybridized carbons (Fsp3) is 0.357. The largest absolute Gasteiger partial charge is 0.481 e. The Labute approximate surface area is 126 Å². The van der Waals surface area contributed by atoms with Crippen molar-refractivity contribution in [2.45, 2.75) is 18.9 Å². The van der Waals surface area contributed by atoms with Crippen LogP contribution in [0.25, 0.3) is 0 Å². The van der Waals surface area contributed by atoms with Crippen LogP contribution in [-0.2, 0) is 9.59 Å². The molecule has 22 heavy (non-hydrogen) atoms. The van der Waals surface area contributed by atoms with E-state index in [4.69, 9.17) is 5.11 Å². The second-order valence-electron chi connectivity index (χ2n) is 4.90. The predicted octanol–water partition coefficient (Wildman–Crippen LogP) is 0.705. The van der Waals surface area contributed by atoms with Crippen LogP contribution >= 0.6 is 0 Å². The fourth-order valence-corrected chi connectivity index (χ4v) is 2.23. The smallest absolute Gasteiger partial charge is 0.315 e. The van der Waals surface area contributed by atoms with Crippen molar-refractivity contribution in [3.8, 4) is 0 Å². The maximum Gasteiger partial charge on any atom is 0.315 e. The predicted molar refractivity (Wildman–Crippen MR) is 75.9 cm³/mol. The van der Waals surface area contributed by atoms with Crippen molar-refractivity contribution in [1.82, 2.24) is 10.6 Å². The van der Waals surface area contributed by atoms with Crippen molar-refractivity contribution >= 4 is 23.6 Å². The first-order chi connectivity index (χ1) is 10.5. The summed E-state index contributed by atoms with van der Waals surface area (Å²) in [5.41, 5.74) is 0.183. The molecule has 1 aromatic rings. The Morgan fingerprint density at radius 3 is 2.77 bits per heavy atom. The average molecular weight is 309 g/mol. The molecule has 3 amide bonds. The van der Waals surface area contributed by atoms with E-state index in [0.29, 0.717) is 0 Å². The third-order valence-corrected chi connectivity index (χ3v) is 3.23. The molecule has 1 aromatic carbocycles. The number of nitrogens with one attached hydrogen (secondary N) is 2. The molecule has 0 aromatic heterocycles. The topological polar surface area (TPSA) is 98.7 Å². The lowest BCUT2D eigenvalue weighted by molar-refractivity contribution is -0.136. The molecule has 7 nitrogen and oxygen atoms in total. The Hall–Kier alpha value is -2.64. The van der Waals surface area contributed by atoms with E-state index in [1.807, 2.05) is 0 Å². The molecule has 118 valence electrons. The minimum absolute atomic E-state index is 0.00113. The molecule has 3 N–H and O–H groups in total. The number of carboxylic acid groups (broad SMARTS) is 1. The number of benzene rings is 1. The highest BCUT2D eigenvalue weighted by Gasteiger charge is 2.32. The zero-order valence-corrected chi connectivity index (χ0v) is 11.7. The van der Waals surface area contributed by atoms with Crippen LogP contribution in [0.4, 0.5) is 14.9 Å². The van der Waals surface area contributed by atoms with Gasteiger partial charge in [-0.3, -0.25) is 9.59 Å². The molecule has 0 spiro atoms. The van der Waals surface area contributed by atoms with E-state index in [1.165, 1.54) is 23.1 Å². The molecule has 1 atom stereocenters. The molecule has 1 fully saturated rings. The van der Waals surface area contributed by atoms with E-state index < -0.39 is 23.9 Å². The Bertz CT molecular complexity index is 593. The number of carboxylic acids is 1. The number of carbonyl (C=O) groups excluding carboxylic acids is 2. The van der Waals surface area contributed by atoms with E-state index in [2.05, 4.69) is 10.6 Å². The quantitative estimate of drug-likeness (QED) is 0.746. The van der Waals surface area contributed by atoms with Gasteiger partial charge in [0.2, 0.25) is 5.91 Å². The molecule has 1 heterocycles. The number of hydrogen-bond donors (Lipinski definition) is 3. The fourth-order valence-electron chi connectivity index (χ4n) is 2.23. The first-order valence-electron chi connectivity index (χ1n) is 6.78. The molecule has 1 aliphatic rings. The summed E-state index contributed by atoms with van der Waals surface area (Å²) >= 11 is 0. The molecule has 2 rings (SSSR count). The number of amides is 3. The molecule has 0 aliphatic carbocycles. The van der Waals surface area contributed by atoms with Gasteiger partial charge in [0.1, 0.15) is 5.82 Å². The molecule has 1 aliphatic heterocycles. The van der Waals surface area contributed by atoms with Gasteiger partial charge in [0.05, 0.1) is 18.2 Å². The number of anilines is 1. The van der Waals surface area contributed by atoms with Crippen molar-refractivity contribution in [2.75, 3.05) is 18.0 Å². The second kappa shape index (κ2) is 6.88. The van der Waals surface area contributed by atoms with Crippen LogP contribution in [0.1, 0.15) is 12.8 Å². The number of rotatable bonds is 5. The SMILES string of the molecule is O=C(O)CCNC(=O)NC1CC(=O)N(c2ccccc2F)C1. The van der Waals surface area contributed by atoms with Gasteiger partial charge < -0.3 is 20.6 Å². The number of para-hydroxylation sites is 1. The zero-order valence-electron chi connectivity index (χ0n) is 11.7. The van der Waals surface area contributed by atoms with E-state index in [-0.39, 0.29) is 37.5 Å². The van der Waals surface area contributed by atoms with Gasteiger partial charge in [0, 0.05) is 19.5 Å². The molecule has 0 saturated carbocycles. The van der Waals surface area contributed by atoms with Crippen LogP contribution in [0.2, 0.25) is 0 Å². The summed E-state index contributed by atoms with van der Waals surface area (Å²) < 4.78 is 13.7. The van der Waals surface area contributed by atoms with E-state index in [9.17, 15) is 18.8 Å². The van der Waals surface area contributed by atoms with Gasteiger partial charge in [-0.1, -0.05) is 12.1 Å². The van der Waals surface area contributed by atoms with E-state index in [0.717, 1.165) is 0 Å². The van der Waals surface area contributed by atoms with E-state index >= 15 is 0 Å². The summed E-state index contributed by atoms with van der Waals surface area (Å²) in [5.74, 6) is -1.79. The molecule has 8 heteroatoms. The molecule has 1 saturated heterocycles. The second-order valence-corrected chi connectivity index (χ2v) is 4.90. The van der Waals surface area contributed by atoms with Gasteiger partial charge in [-0.2, -0.15) is 0 Å². The minimum Gasteiger partial charge on any atom is -0.481 e. The van der Waals surface area contributed by atoms with Crippen molar-refractivity contribution < 1.29 is 23.9 Å². The number of aliphatic carboxylic acids is 1. The van der Waals surface area contributed by atoms with Crippen LogP contribution in [-0.4, -0.2) is 42.1 Å². The zero-order chi connectivity index (χ0) is 16.1. The van der Waals surface area contributed by atoms with Crippen molar-refractivity contribution in [2.24, 2.45) is 0 Å². The third-order valence-electron chi connectivity index (χ3n) is 3.23.